The van der Waals surface area contributed by atoms with Crippen LogP contribution in [0.1, 0.15) is 19.4 Å². The Kier molecular flexibility index (Phi) is 3.94. The van der Waals surface area contributed by atoms with Gasteiger partial charge in [0.05, 0.1) is 0 Å². The summed E-state index contributed by atoms with van der Waals surface area (Å²) in [6.07, 6.45) is 0. The first-order valence-electron chi connectivity index (χ1n) is 7.20. The van der Waals surface area contributed by atoms with Gasteiger partial charge in [-0.3, -0.25) is 0 Å². The van der Waals surface area contributed by atoms with E-state index in [0.29, 0.717) is 0 Å². The molecule has 0 amide bonds. The van der Waals surface area contributed by atoms with E-state index in [0.717, 1.165) is 22.1 Å². The van der Waals surface area contributed by atoms with Crippen molar-refractivity contribution in [2.75, 3.05) is 5.32 Å². The van der Waals surface area contributed by atoms with Crippen LogP contribution >= 0.6 is 11.8 Å². The van der Waals surface area contributed by atoms with Gasteiger partial charge in [0.15, 0.2) is 0 Å². The molecule has 1 aliphatic rings. The first-order valence-corrected chi connectivity index (χ1v) is 8.02. The van der Waals surface area contributed by atoms with E-state index < -0.39 is 0 Å². The highest BCUT2D eigenvalue weighted by Gasteiger charge is 2.37. The summed E-state index contributed by atoms with van der Waals surface area (Å²) in [4.78, 5) is -0.177. The van der Waals surface area contributed by atoms with Crippen molar-refractivity contribution in [2.45, 2.75) is 18.7 Å². The highest BCUT2D eigenvalue weighted by molar-refractivity contribution is 8.15. The molecule has 0 aromatic heterocycles. The van der Waals surface area contributed by atoms with Crippen LogP contribution in [0.4, 0.5) is 5.69 Å². The number of benzene rings is 2. The van der Waals surface area contributed by atoms with Crippen LogP contribution in [0.25, 0.3) is 0 Å². The zero-order chi connectivity index (χ0) is 15.6. The Labute approximate surface area is 135 Å². The van der Waals surface area contributed by atoms with E-state index in [-0.39, 0.29) is 4.87 Å². The van der Waals surface area contributed by atoms with Crippen LogP contribution in [0.15, 0.2) is 78.2 Å². The minimum Gasteiger partial charge on any atom is -0.341 e. The quantitative estimate of drug-likeness (QED) is 0.886. The summed E-state index contributed by atoms with van der Waals surface area (Å²) in [6.45, 7) is 8.45. The SMILES string of the molecule is C=C(Nc1ccccc1)N1N=C(c2ccccc2)SC1(C)C. The molecule has 2 aromatic rings. The van der Waals surface area contributed by atoms with E-state index in [1.54, 1.807) is 11.8 Å². The van der Waals surface area contributed by atoms with E-state index >= 15 is 0 Å². The van der Waals surface area contributed by atoms with Gasteiger partial charge in [-0.1, -0.05) is 66.9 Å². The third kappa shape index (κ3) is 3.02. The molecule has 0 saturated carbocycles. The number of hydrogen-bond acceptors (Lipinski definition) is 4. The largest absolute Gasteiger partial charge is 0.341 e. The molecule has 3 nitrogen and oxygen atoms in total. The molecule has 1 N–H and O–H groups in total. The Morgan fingerprint density at radius 2 is 1.64 bits per heavy atom. The minimum absolute atomic E-state index is 0.177. The second kappa shape index (κ2) is 5.89. The lowest BCUT2D eigenvalue weighted by Gasteiger charge is -2.30. The van der Waals surface area contributed by atoms with Crippen LogP contribution in [0.5, 0.6) is 0 Å². The Balaban J connectivity index is 1.82. The predicted octanol–water partition coefficient (Wildman–Crippen LogP) is 4.72. The van der Waals surface area contributed by atoms with E-state index in [1.165, 1.54) is 0 Å². The standard InChI is InChI=1S/C18H19N3S/c1-14(19-16-12-8-5-9-13-16)21-18(2,3)22-17(20-21)15-10-6-4-7-11-15/h4-13,19H,1H2,2-3H3. The van der Waals surface area contributed by atoms with Crippen LogP contribution in [0.2, 0.25) is 0 Å². The smallest absolute Gasteiger partial charge is 0.126 e. The maximum Gasteiger partial charge on any atom is 0.126 e. The summed E-state index contributed by atoms with van der Waals surface area (Å²) >= 11 is 1.74. The zero-order valence-electron chi connectivity index (χ0n) is 12.8. The van der Waals surface area contributed by atoms with Crippen molar-refractivity contribution >= 4 is 22.5 Å². The molecular formula is C18H19N3S. The lowest BCUT2D eigenvalue weighted by molar-refractivity contribution is 0.280. The van der Waals surface area contributed by atoms with Gasteiger partial charge >= 0.3 is 0 Å². The van der Waals surface area contributed by atoms with Gasteiger partial charge in [-0.15, -0.1) is 0 Å². The van der Waals surface area contributed by atoms with Crippen LogP contribution in [0.3, 0.4) is 0 Å². The lowest BCUT2D eigenvalue weighted by atomic mass is 10.2. The normalized spacial score (nSPS) is 16.3. The van der Waals surface area contributed by atoms with Crippen LogP contribution < -0.4 is 5.32 Å². The van der Waals surface area contributed by atoms with Crippen molar-refractivity contribution in [1.82, 2.24) is 5.01 Å². The Morgan fingerprint density at radius 1 is 1.05 bits per heavy atom. The van der Waals surface area contributed by atoms with Crippen molar-refractivity contribution in [1.29, 1.82) is 0 Å². The van der Waals surface area contributed by atoms with Gasteiger partial charge in [0.2, 0.25) is 0 Å². The first kappa shape index (κ1) is 14.7. The monoisotopic (exact) mass is 309 g/mol. The van der Waals surface area contributed by atoms with Crippen LogP contribution in [0, 0.1) is 0 Å². The average molecular weight is 309 g/mol. The molecule has 1 aliphatic heterocycles. The van der Waals surface area contributed by atoms with Gasteiger partial charge in [0.25, 0.3) is 0 Å². The fourth-order valence-corrected chi connectivity index (χ4v) is 3.42. The van der Waals surface area contributed by atoms with Crippen molar-refractivity contribution in [3.05, 3.63) is 78.6 Å². The van der Waals surface area contributed by atoms with Gasteiger partial charge in [-0.05, 0) is 26.0 Å². The van der Waals surface area contributed by atoms with Gasteiger partial charge in [-0.2, -0.15) is 5.10 Å². The van der Waals surface area contributed by atoms with Crippen molar-refractivity contribution in [2.24, 2.45) is 5.10 Å². The van der Waals surface area contributed by atoms with Crippen molar-refractivity contribution < 1.29 is 0 Å². The molecule has 0 atom stereocenters. The Hall–Kier alpha value is -2.20. The molecule has 0 bridgehead atoms. The molecule has 22 heavy (non-hydrogen) atoms. The summed E-state index contributed by atoms with van der Waals surface area (Å²) in [5.41, 5.74) is 2.15. The number of anilines is 1. The molecule has 0 spiro atoms. The molecule has 0 saturated heterocycles. The average Bonchev–Trinajstić information content (AvgIpc) is 2.85. The molecular weight excluding hydrogens is 290 g/mol. The highest BCUT2D eigenvalue weighted by atomic mass is 32.2. The second-order valence-electron chi connectivity index (χ2n) is 5.57. The summed E-state index contributed by atoms with van der Waals surface area (Å²) in [5.74, 6) is 0.773. The first-order chi connectivity index (χ1) is 10.6. The lowest BCUT2D eigenvalue weighted by Crippen LogP contribution is -2.35. The van der Waals surface area contributed by atoms with E-state index in [9.17, 15) is 0 Å². The van der Waals surface area contributed by atoms with Crippen LogP contribution in [-0.4, -0.2) is 14.9 Å². The van der Waals surface area contributed by atoms with E-state index in [2.05, 4.69) is 37.9 Å². The third-order valence-corrected chi connectivity index (χ3v) is 4.57. The third-order valence-electron chi connectivity index (χ3n) is 3.39. The fourth-order valence-electron chi connectivity index (χ4n) is 2.34. The fraction of sp³-hybridized carbons (Fsp3) is 0.167. The predicted molar refractivity (Wildman–Crippen MR) is 95.7 cm³/mol. The minimum atomic E-state index is -0.177. The van der Waals surface area contributed by atoms with Gasteiger partial charge in [0, 0.05) is 11.3 Å². The molecule has 112 valence electrons. The van der Waals surface area contributed by atoms with E-state index in [4.69, 9.17) is 5.10 Å². The Morgan fingerprint density at radius 3 is 2.27 bits per heavy atom. The summed E-state index contributed by atoms with van der Waals surface area (Å²) in [7, 11) is 0. The van der Waals surface area contributed by atoms with Crippen molar-refractivity contribution in [3.63, 3.8) is 0 Å². The number of nitrogens with zero attached hydrogens (tertiary/aromatic N) is 2. The van der Waals surface area contributed by atoms with Gasteiger partial charge < -0.3 is 5.32 Å². The van der Waals surface area contributed by atoms with Gasteiger partial charge in [-0.25, -0.2) is 5.01 Å². The van der Waals surface area contributed by atoms with E-state index in [1.807, 2.05) is 53.5 Å². The number of hydrogen-bond donors (Lipinski definition) is 1. The molecule has 0 radical (unpaired) electrons. The maximum absolute atomic E-state index is 4.76. The molecule has 4 heteroatoms. The number of nitrogens with one attached hydrogen (secondary N) is 1. The number of rotatable bonds is 4. The highest BCUT2D eigenvalue weighted by Crippen LogP contribution is 2.40. The summed E-state index contributed by atoms with van der Waals surface area (Å²) in [5, 5.41) is 11.0. The summed E-state index contributed by atoms with van der Waals surface area (Å²) < 4.78 is 0. The molecule has 0 unspecified atom stereocenters. The number of hydrazone groups is 1. The molecule has 3 rings (SSSR count). The van der Waals surface area contributed by atoms with Gasteiger partial charge in [0.1, 0.15) is 15.7 Å². The topological polar surface area (TPSA) is 27.6 Å². The summed E-state index contributed by atoms with van der Waals surface area (Å²) in [6, 6.07) is 20.3. The molecule has 1 heterocycles. The Bertz CT molecular complexity index is 693. The molecule has 2 aromatic carbocycles. The van der Waals surface area contributed by atoms with Crippen LogP contribution in [-0.2, 0) is 0 Å². The van der Waals surface area contributed by atoms with Crippen molar-refractivity contribution in [3.8, 4) is 0 Å². The number of thioether (sulfide) groups is 1. The maximum atomic E-state index is 4.76. The molecule has 0 aliphatic carbocycles. The molecule has 0 fully saturated rings. The number of para-hydroxylation sites is 1. The second-order valence-corrected chi connectivity index (χ2v) is 7.16. The zero-order valence-corrected chi connectivity index (χ0v) is 13.6.